The first kappa shape index (κ1) is 19.5. The molecule has 4 aromatic rings. The van der Waals surface area contributed by atoms with Gasteiger partial charge in [0.25, 0.3) is 0 Å². The molecular formula is C21H21N5OS2. The van der Waals surface area contributed by atoms with Crippen LogP contribution in [0.5, 0.6) is 0 Å². The molecule has 29 heavy (non-hydrogen) atoms. The summed E-state index contributed by atoms with van der Waals surface area (Å²) in [6.07, 6.45) is 3.87. The highest BCUT2D eigenvalue weighted by Crippen LogP contribution is 2.28. The number of rotatable bonds is 6. The van der Waals surface area contributed by atoms with Gasteiger partial charge in [0.1, 0.15) is 0 Å². The number of amides is 1. The SMILES string of the molecule is Cc1cc(C)c(NC(=O)CSc2nnc(-c3cccs3)n2-n2cccc2)c(C)c1. The predicted molar refractivity (Wildman–Crippen MR) is 119 cm³/mol. The summed E-state index contributed by atoms with van der Waals surface area (Å²) in [7, 11) is 0. The van der Waals surface area contributed by atoms with Crippen LogP contribution in [0.15, 0.2) is 59.3 Å². The van der Waals surface area contributed by atoms with Gasteiger partial charge < -0.3 is 5.32 Å². The Hall–Kier alpha value is -2.84. The van der Waals surface area contributed by atoms with Crippen LogP contribution in [0.3, 0.4) is 0 Å². The van der Waals surface area contributed by atoms with Crippen molar-refractivity contribution in [1.29, 1.82) is 0 Å². The van der Waals surface area contributed by atoms with E-state index in [0.29, 0.717) is 5.16 Å². The zero-order valence-electron chi connectivity index (χ0n) is 16.4. The third-order valence-corrected chi connectivity index (χ3v) is 6.23. The fraction of sp³-hybridized carbons (Fsp3) is 0.190. The molecule has 0 saturated heterocycles. The second-order valence-corrected chi connectivity index (χ2v) is 8.66. The molecule has 0 spiro atoms. The monoisotopic (exact) mass is 423 g/mol. The van der Waals surface area contributed by atoms with Gasteiger partial charge in [0, 0.05) is 18.1 Å². The number of aryl methyl sites for hydroxylation is 3. The number of hydrogen-bond acceptors (Lipinski definition) is 5. The first-order valence-electron chi connectivity index (χ1n) is 9.16. The molecule has 8 heteroatoms. The minimum Gasteiger partial charge on any atom is -0.325 e. The maximum atomic E-state index is 12.6. The lowest BCUT2D eigenvalue weighted by atomic mass is 10.1. The van der Waals surface area contributed by atoms with E-state index in [1.807, 2.05) is 65.2 Å². The maximum absolute atomic E-state index is 12.6. The van der Waals surface area contributed by atoms with Crippen molar-refractivity contribution in [1.82, 2.24) is 19.5 Å². The predicted octanol–water partition coefficient (Wildman–Crippen LogP) is 4.78. The molecule has 0 unspecified atom stereocenters. The van der Waals surface area contributed by atoms with Gasteiger partial charge in [-0.1, -0.05) is 35.5 Å². The van der Waals surface area contributed by atoms with Gasteiger partial charge in [-0.05, 0) is 55.5 Å². The van der Waals surface area contributed by atoms with Gasteiger partial charge in [-0.25, -0.2) is 4.68 Å². The van der Waals surface area contributed by atoms with E-state index in [1.54, 1.807) is 11.3 Å². The number of aromatic nitrogens is 4. The van der Waals surface area contributed by atoms with Gasteiger partial charge in [-0.3, -0.25) is 9.47 Å². The average molecular weight is 424 g/mol. The summed E-state index contributed by atoms with van der Waals surface area (Å²) in [6, 6.07) is 12.0. The average Bonchev–Trinajstić information content (AvgIpc) is 3.43. The largest absolute Gasteiger partial charge is 0.325 e. The second kappa shape index (κ2) is 8.26. The minimum absolute atomic E-state index is 0.0650. The summed E-state index contributed by atoms with van der Waals surface area (Å²) in [6.45, 7) is 6.08. The van der Waals surface area contributed by atoms with Crippen molar-refractivity contribution in [2.45, 2.75) is 25.9 Å². The van der Waals surface area contributed by atoms with Crippen LogP contribution in [-0.2, 0) is 4.79 Å². The smallest absolute Gasteiger partial charge is 0.234 e. The Morgan fingerprint density at radius 2 is 1.83 bits per heavy atom. The number of hydrogen-bond donors (Lipinski definition) is 1. The van der Waals surface area contributed by atoms with Gasteiger partial charge in [0.2, 0.25) is 11.1 Å². The summed E-state index contributed by atoms with van der Waals surface area (Å²) in [5.74, 6) is 0.936. The molecule has 3 heterocycles. The molecule has 0 atom stereocenters. The minimum atomic E-state index is -0.0650. The zero-order chi connectivity index (χ0) is 20.4. The molecule has 0 aliphatic heterocycles. The Labute approximate surface area is 177 Å². The zero-order valence-corrected chi connectivity index (χ0v) is 18.0. The number of anilines is 1. The van der Waals surface area contributed by atoms with Crippen LogP contribution in [0, 0.1) is 20.8 Å². The molecule has 0 radical (unpaired) electrons. The molecular weight excluding hydrogens is 402 g/mol. The quantitative estimate of drug-likeness (QED) is 0.454. The van der Waals surface area contributed by atoms with E-state index in [-0.39, 0.29) is 11.7 Å². The molecule has 1 amide bonds. The maximum Gasteiger partial charge on any atom is 0.234 e. The first-order valence-corrected chi connectivity index (χ1v) is 11.0. The molecule has 0 saturated carbocycles. The van der Waals surface area contributed by atoms with Crippen molar-refractivity contribution >= 4 is 34.7 Å². The highest BCUT2D eigenvalue weighted by molar-refractivity contribution is 7.99. The highest BCUT2D eigenvalue weighted by Gasteiger charge is 2.18. The van der Waals surface area contributed by atoms with Gasteiger partial charge in [-0.2, -0.15) is 0 Å². The van der Waals surface area contributed by atoms with E-state index in [2.05, 4.69) is 34.6 Å². The summed E-state index contributed by atoms with van der Waals surface area (Å²) in [4.78, 5) is 13.6. The van der Waals surface area contributed by atoms with Crippen molar-refractivity contribution in [2.24, 2.45) is 0 Å². The molecule has 0 bridgehead atoms. The topological polar surface area (TPSA) is 64.7 Å². The Balaban J connectivity index is 1.54. The molecule has 0 aliphatic rings. The molecule has 0 aliphatic carbocycles. The lowest BCUT2D eigenvalue weighted by Gasteiger charge is -2.13. The second-order valence-electron chi connectivity index (χ2n) is 6.77. The fourth-order valence-corrected chi connectivity index (χ4v) is 4.69. The molecule has 3 aromatic heterocycles. The van der Waals surface area contributed by atoms with Crippen LogP contribution < -0.4 is 5.32 Å². The van der Waals surface area contributed by atoms with E-state index in [0.717, 1.165) is 27.5 Å². The van der Waals surface area contributed by atoms with Crippen molar-refractivity contribution < 1.29 is 4.79 Å². The Morgan fingerprint density at radius 1 is 1.10 bits per heavy atom. The lowest BCUT2D eigenvalue weighted by molar-refractivity contribution is -0.113. The van der Waals surface area contributed by atoms with Gasteiger partial charge in [0.15, 0.2) is 5.82 Å². The number of benzene rings is 1. The summed E-state index contributed by atoms with van der Waals surface area (Å²) >= 11 is 2.97. The van der Waals surface area contributed by atoms with E-state index in [4.69, 9.17) is 0 Å². The van der Waals surface area contributed by atoms with Crippen molar-refractivity contribution in [3.63, 3.8) is 0 Å². The number of carbonyl (C=O) groups is 1. The van der Waals surface area contributed by atoms with Crippen LogP contribution in [-0.4, -0.2) is 31.2 Å². The summed E-state index contributed by atoms with van der Waals surface area (Å²) in [5, 5.41) is 14.4. The van der Waals surface area contributed by atoms with E-state index in [1.165, 1.54) is 17.3 Å². The Morgan fingerprint density at radius 3 is 2.48 bits per heavy atom. The fourth-order valence-electron chi connectivity index (χ4n) is 3.26. The number of nitrogens with zero attached hydrogens (tertiary/aromatic N) is 4. The van der Waals surface area contributed by atoms with Gasteiger partial charge >= 0.3 is 0 Å². The third-order valence-electron chi connectivity index (χ3n) is 4.45. The van der Waals surface area contributed by atoms with Crippen LogP contribution in [0.1, 0.15) is 16.7 Å². The molecule has 1 aromatic carbocycles. The Bertz CT molecular complexity index is 1110. The van der Waals surface area contributed by atoms with Crippen molar-refractivity contribution in [3.8, 4) is 10.7 Å². The number of thiophene rings is 1. The highest BCUT2D eigenvalue weighted by atomic mass is 32.2. The van der Waals surface area contributed by atoms with Crippen LogP contribution in [0.25, 0.3) is 10.7 Å². The van der Waals surface area contributed by atoms with Crippen molar-refractivity contribution in [3.05, 3.63) is 70.9 Å². The van der Waals surface area contributed by atoms with Crippen LogP contribution >= 0.6 is 23.1 Å². The van der Waals surface area contributed by atoms with E-state index in [9.17, 15) is 4.79 Å². The van der Waals surface area contributed by atoms with E-state index >= 15 is 0 Å². The van der Waals surface area contributed by atoms with Gasteiger partial charge in [0.05, 0.1) is 10.6 Å². The van der Waals surface area contributed by atoms with Crippen molar-refractivity contribution in [2.75, 3.05) is 11.1 Å². The summed E-state index contributed by atoms with van der Waals surface area (Å²) in [5.41, 5.74) is 4.20. The standard InChI is InChI=1S/C21H21N5OS2/c1-14-11-15(2)19(16(3)12-14)22-18(27)13-29-21-24-23-20(17-7-6-10-28-17)26(21)25-8-4-5-9-25/h4-12H,13H2,1-3H3,(H,22,27). The molecule has 4 rings (SSSR count). The number of thioether (sulfide) groups is 1. The lowest BCUT2D eigenvalue weighted by Crippen LogP contribution is -2.17. The Kier molecular flexibility index (Phi) is 5.55. The van der Waals surface area contributed by atoms with Crippen LogP contribution in [0.2, 0.25) is 0 Å². The molecule has 0 fully saturated rings. The summed E-state index contributed by atoms with van der Waals surface area (Å²) < 4.78 is 3.84. The third kappa shape index (κ3) is 4.13. The van der Waals surface area contributed by atoms with E-state index < -0.39 is 0 Å². The van der Waals surface area contributed by atoms with Gasteiger partial charge in [-0.15, -0.1) is 21.5 Å². The number of carbonyl (C=O) groups excluding carboxylic acids is 1. The van der Waals surface area contributed by atoms with Crippen LogP contribution in [0.4, 0.5) is 5.69 Å². The first-order chi connectivity index (χ1) is 14.0. The molecule has 148 valence electrons. The molecule has 6 nitrogen and oxygen atoms in total. The normalized spacial score (nSPS) is 11.0. The molecule has 1 N–H and O–H groups in total. The number of nitrogens with one attached hydrogen (secondary N) is 1.